The third kappa shape index (κ3) is 2.59. The zero-order chi connectivity index (χ0) is 12.4. The summed E-state index contributed by atoms with van der Waals surface area (Å²) in [5.41, 5.74) is 6.86. The Morgan fingerprint density at radius 1 is 1.35 bits per heavy atom. The summed E-state index contributed by atoms with van der Waals surface area (Å²) in [6.45, 7) is 0. The van der Waals surface area contributed by atoms with Gasteiger partial charge in [-0.15, -0.1) is 0 Å². The van der Waals surface area contributed by atoms with Crippen LogP contribution in [0.15, 0.2) is 39.6 Å². The Morgan fingerprint density at radius 2 is 2.00 bits per heavy atom. The number of nitrogens with zero attached hydrogens (tertiary/aromatic N) is 1. The number of hydrogen-bond acceptors (Lipinski definition) is 3. The number of benzene rings is 1. The summed E-state index contributed by atoms with van der Waals surface area (Å²) in [6.07, 6.45) is 0. The highest BCUT2D eigenvalue weighted by Crippen LogP contribution is 2.19. The summed E-state index contributed by atoms with van der Waals surface area (Å²) in [5.74, 6) is 0. The number of nitrogens with one attached hydrogen (secondary N) is 1. The molecule has 6 heteroatoms. The van der Waals surface area contributed by atoms with Crippen molar-refractivity contribution in [3.8, 4) is 11.3 Å². The Hall–Kier alpha value is -1.53. The van der Waals surface area contributed by atoms with Crippen LogP contribution in [0.1, 0.15) is 5.56 Å². The minimum atomic E-state index is -0.377. The smallest absolute Gasteiger partial charge is 0.274 e. The molecule has 0 atom stereocenters. The normalized spacial score (nSPS) is 10.2. The van der Waals surface area contributed by atoms with E-state index in [2.05, 4.69) is 26.1 Å². The fraction of sp³-hybridized carbons (Fsp3) is 0. The zero-order valence-electron chi connectivity index (χ0n) is 8.61. The maximum Gasteiger partial charge on any atom is 0.274 e. The van der Waals surface area contributed by atoms with Crippen molar-refractivity contribution >= 4 is 33.1 Å². The van der Waals surface area contributed by atoms with Gasteiger partial charge in [0.15, 0.2) is 0 Å². The van der Waals surface area contributed by atoms with Gasteiger partial charge in [0.2, 0.25) is 0 Å². The zero-order valence-corrected chi connectivity index (χ0v) is 11.0. The molecule has 2 rings (SSSR count). The standard InChI is InChI=1S/C11H8BrN3OS/c12-7-3-1-6(2-4-7)9-5-8(10(13)17)11(16)15-14-9/h1-5H,(H2,13,17)(H,15,16). The molecule has 4 nitrogen and oxygen atoms in total. The van der Waals surface area contributed by atoms with E-state index in [1.165, 1.54) is 0 Å². The molecule has 0 aliphatic rings. The minimum Gasteiger partial charge on any atom is -0.389 e. The third-order valence-electron chi connectivity index (χ3n) is 2.21. The summed E-state index contributed by atoms with van der Waals surface area (Å²) in [4.78, 5) is 11.5. The maximum absolute atomic E-state index is 11.4. The first-order valence-electron chi connectivity index (χ1n) is 4.73. The van der Waals surface area contributed by atoms with E-state index in [0.717, 1.165) is 10.0 Å². The van der Waals surface area contributed by atoms with E-state index < -0.39 is 0 Å². The van der Waals surface area contributed by atoms with Gasteiger partial charge < -0.3 is 5.73 Å². The van der Waals surface area contributed by atoms with Gasteiger partial charge in [0.1, 0.15) is 4.99 Å². The number of hydrogen-bond donors (Lipinski definition) is 2. The molecular formula is C11H8BrN3OS. The van der Waals surface area contributed by atoms with Crippen molar-refractivity contribution in [1.29, 1.82) is 0 Å². The topological polar surface area (TPSA) is 71.8 Å². The van der Waals surface area contributed by atoms with Crippen LogP contribution in [0.3, 0.4) is 0 Å². The minimum absolute atomic E-state index is 0.0620. The Kier molecular flexibility index (Phi) is 3.35. The van der Waals surface area contributed by atoms with Gasteiger partial charge in [-0.3, -0.25) is 4.79 Å². The lowest BCUT2D eigenvalue weighted by Crippen LogP contribution is -2.23. The molecule has 17 heavy (non-hydrogen) atoms. The van der Waals surface area contributed by atoms with Crippen LogP contribution in [0.4, 0.5) is 0 Å². The van der Waals surface area contributed by atoms with E-state index in [9.17, 15) is 4.79 Å². The average Bonchev–Trinajstić information content (AvgIpc) is 2.30. The van der Waals surface area contributed by atoms with E-state index in [-0.39, 0.29) is 16.1 Å². The van der Waals surface area contributed by atoms with E-state index in [4.69, 9.17) is 18.0 Å². The predicted molar refractivity (Wildman–Crippen MR) is 73.9 cm³/mol. The van der Waals surface area contributed by atoms with Crippen LogP contribution in [0.25, 0.3) is 11.3 Å². The lowest BCUT2D eigenvalue weighted by atomic mass is 10.1. The van der Waals surface area contributed by atoms with Crippen LogP contribution >= 0.6 is 28.1 Å². The van der Waals surface area contributed by atoms with Crippen molar-refractivity contribution in [2.45, 2.75) is 0 Å². The SMILES string of the molecule is NC(=S)c1cc(-c2ccc(Br)cc2)n[nH]c1=O. The highest BCUT2D eigenvalue weighted by atomic mass is 79.9. The molecule has 86 valence electrons. The number of rotatable bonds is 2. The van der Waals surface area contributed by atoms with Crippen molar-refractivity contribution in [2.75, 3.05) is 0 Å². The highest BCUT2D eigenvalue weighted by Gasteiger charge is 2.07. The first-order valence-corrected chi connectivity index (χ1v) is 5.93. The summed E-state index contributed by atoms with van der Waals surface area (Å²) < 4.78 is 0.972. The Bertz CT molecular complexity index is 621. The molecule has 0 aliphatic carbocycles. The van der Waals surface area contributed by atoms with Crippen LogP contribution in [-0.2, 0) is 0 Å². The summed E-state index contributed by atoms with van der Waals surface area (Å²) in [7, 11) is 0. The molecule has 0 fully saturated rings. The van der Waals surface area contributed by atoms with Crippen molar-refractivity contribution in [1.82, 2.24) is 10.2 Å². The van der Waals surface area contributed by atoms with Crippen molar-refractivity contribution < 1.29 is 0 Å². The number of aromatic nitrogens is 2. The second kappa shape index (κ2) is 4.77. The molecule has 1 aromatic heterocycles. The fourth-order valence-electron chi connectivity index (χ4n) is 1.36. The van der Waals surface area contributed by atoms with Gasteiger partial charge in [-0.2, -0.15) is 5.10 Å². The molecule has 0 radical (unpaired) electrons. The molecule has 0 aliphatic heterocycles. The summed E-state index contributed by atoms with van der Waals surface area (Å²) >= 11 is 8.15. The molecule has 0 amide bonds. The number of H-pyrrole nitrogens is 1. The van der Waals surface area contributed by atoms with Gasteiger partial charge in [0, 0.05) is 10.0 Å². The van der Waals surface area contributed by atoms with E-state index in [1.54, 1.807) is 6.07 Å². The number of aromatic amines is 1. The molecule has 1 aromatic carbocycles. The second-order valence-corrected chi connectivity index (χ2v) is 4.72. The fourth-order valence-corrected chi connectivity index (χ4v) is 1.77. The number of nitrogens with two attached hydrogens (primary N) is 1. The van der Waals surface area contributed by atoms with Gasteiger partial charge >= 0.3 is 0 Å². The number of thiocarbonyl (C=S) groups is 1. The highest BCUT2D eigenvalue weighted by molar-refractivity contribution is 9.10. The average molecular weight is 310 g/mol. The van der Waals surface area contributed by atoms with Crippen molar-refractivity contribution in [3.63, 3.8) is 0 Å². The van der Waals surface area contributed by atoms with Gasteiger partial charge in [0.05, 0.1) is 11.3 Å². The Labute approximate surface area is 111 Å². The lowest BCUT2D eigenvalue weighted by molar-refractivity contribution is 0.990. The van der Waals surface area contributed by atoms with Crippen LogP contribution in [-0.4, -0.2) is 15.2 Å². The van der Waals surface area contributed by atoms with E-state index in [1.807, 2.05) is 24.3 Å². The summed E-state index contributed by atoms with van der Waals surface area (Å²) in [6, 6.07) is 9.14. The van der Waals surface area contributed by atoms with Gasteiger partial charge in [-0.1, -0.05) is 40.3 Å². The van der Waals surface area contributed by atoms with Crippen molar-refractivity contribution in [3.05, 3.63) is 50.7 Å². The molecule has 3 N–H and O–H groups in total. The monoisotopic (exact) mass is 309 g/mol. The molecular weight excluding hydrogens is 302 g/mol. The maximum atomic E-state index is 11.4. The summed E-state index contributed by atoms with van der Waals surface area (Å²) in [5, 5.41) is 6.33. The van der Waals surface area contributed by atoms with Crippen molar-refractivity contribution in [2.24, 2.45) is 5.73 Å². The Morgan fingerprint density at radius 3 is 2.59 bits per heavy atom. The second-order valence-electron chi connectivity index (χ2n) is 3.37. The van der Waals surface area contributed by atoms with Crippen LogP contribution in [0, 0.1) is 0 Å². The first-order chi connectivity index (χ1) is 8.08. The predicted octanol–water partition coefficient (Wildman–Crippen LogP) is 1.83. The molecule has 0 unspecified atom stereocenters. The first kappa shape index (κ1) is 11.9. The van der Waals surface area contributed by atoms with Crippen LogP contribution < -0.4 is 11.3 Å². The van der Waals surface area contributed by atoms with Crippen LogP contribution in [0.2, 0.25) is 0 Å². The Balaban J connectivity index is 2.53. The quantitative estimate of drug-likeness (QED) is 0.830. The third-order valence-corrected chi connectivity index (χ3v) is 2.96. The lowest BCUT2D eigenvalue weighted by Gasteiger charge is -2.02. The molecule has 2 aromatic rings. The van der Waals surface area contributed by atoms with E-state index >= 15 is 0 Å². The van der Waals surface area contributed by atoms with Gasteiger partial charge in [-0.25, -0.2) is 5.10 Å². The molecule has 1 heterocycles. The van der Waals surface area contributed by atoms with Gasteiger partial charge in [0.25, 0.3) is 5.56 Å². The molecule has 0 saturated heterocycles. The van der Waals surface area contributed by atoms with E-state index in [0.29, 0.717) is 5.69 Å². The molecule has 0 bridgehead atoms. The molecule has 0 saturated carbocycles. The number of halogens is 1. The molecule has 0 spiro atoms. The van der Waals surface area contributed by atoms with Crippen LogP contribution in [0.5, 0.6) is 0 Å². The largest absolute Gasteiger partial charge is 0.389 e. The van der Waals surface area contributed by atoms with Gasteiger partial charge in [-0.05, 0) is 18.2 Å².